The third kappa shape index (κ3) is 4.23. The van der Waals surface area contributed by atoms with E-state index in [0.717, 1.165) is 22.4 Å². The van der Waals surface area contributed by atoms with Crippen LogP contribution in [0.15, 0.2) is 53.5 Å². The lowest BCUT2D eigenvalue weighted by Gasteiger charge is -2.07. The van der Waals surface area contributed by atoms with Gasteiger partial charge in [-0.15, -0.1) is 11.3 Å². The zero-order chi connectivity index (χ0) is 20.1. The molecule has 0 radical (unpaired) electrons. The van der Waals surface area contributed by atoms with Crippen LogP contribution in [0.3, 0.4) is 0 Å². The fourth-order valence-electron chi connectivity index (χ4n) is 2.94. The molecular formula is C22H22N2O3S. The minimum Gasteiger partial charge on any atom is -0.493 e. The number of hydrogen-bond donors (Lipinski definition) is 1. The van der Waals surface area contributed by atoms with E-state index >= 15 is 0 Å². The van der Waals surface area contributed by atoms with E-state index in [0.29, 0.717) is 22.1 Å². The maximum Gasteiger partial charge on any atom is 0.252 e. The topological polar surface area (TPSA) is 73.9 Å². The lowest BCUT2D eigenvalue weighted by molar-refractivity contribution is 0.100. The second-order valence-electron chi connectivity index (χ2n) is 6.23. The fourth-order valence-corrected chi connectivity index (χ4v) is 4.13. The number of primary amides is 1. The Morgan fingerprint density at radius 2 is 1.82 bits per heavy atom. The van der Waals surface area contributed by atoms with E-state index in [1.807, 2.05) is 43.3 Å². The van der Waals surface area contributed by atoms with Crippen LogP contribution in [-0.2, 0) is 6.42 Å². The number of methoxy groups -OCH3 is 2. The van der Waals surface area contributed by atoms with Gasteiger partial charge in [0.05, 0.1) is 19.8 Å². The minimum atomic E-state index is -0.465. The first-order valence-corrected chi connectivity index (χ1v) is 9.57. The van der Waals surface area contributed by atoms with Crippen molar-refractivity contribution in [1.29, 1.82) is 0 Å². The number of hydrogen-bond acceptors (Lipinski definition) is 5. The molecule has 2 aromatic carbocycles. The first kappa shape index (κ1) is 19.6. The molecule has 1 aromatic heterocycles. The average molecular weight is 394 g/mol. The second kappa shape index (κ2) is 8.71. The molecule has 0 aliphatic carbocycles. The largest absolute Gasteiger partial charge is 0.493 e. The Morgan fingerprint density at radius 1 is 1.11 bits per heavy atom. The van der Waals surface area contributed by atoms with E-state index < -0.39 is 5.91 Å². The molecule has 0 spiro atoms. The molecule has 5 nitrogen and oxygen atoms in total. The van der Waals surface area contributed by atoms with Crippen molar-refractivity contribution in [3.05, 3.63) is 75.7 Å². The molecule has 0 aliphatic heterocycles. The molecule has 1 heterocycles. The fraction of sp³-hybridized carbons (Fsp3) is 0.182. The van der Waals surface area contributed by atoms with Gasteiger partial charge in [-0.05, 0) is 41.8 Å². The van der Waals surface area contributed by atoms with Crippen molar-refractivity contribution in [2.24, 2.45) is 10.7 Å². The predicted octanol–water partition coefficient (Wildman–Crippen LogP) is 4.51. The summed E-state index contributed by atoms with van der Waals surface area (Å²) >= 11 is 1.49. The highest BCUT2D eigenvalue weighted by atomic mass is 32.1. The molecule has 0 saturated heterocycles. The summed E-state index contributed by atoms with van der Waals surface area (Å²) in [5, 5.41) is 0.616. The van der Waals surface area contributed by atoms with Gasteiger partial charge < -0.3 is 15.2 Å². The van der Waals surface area contributed by atoms with Gasteiger partial charge in [0.2, 0.25) is 0 Å². The smallest absolute Gasteiger partial charge is 0.252 e. The van der Waals surface area contributed by atoms with Crippen molar-refractivity contribution in [2.75, 3.05) is 14.2 Å². The first-order chi connectivity index (χ1) is 13.5. The number of benzene rings is 2. The Hall–Kier alpha value is -3.12. The predicted molar refractivity (Wildman–Crippen MR) is 114 cm³/mol. The van der Waals surface area contributed by atoms with Crippen LogP contribution < -0.4 is 15.2 Å². The Morgan fingerprint density at radius 3 is 2.46 bits per heavy atom. The highest BCUT2D eigenvalue weighted by Crippen LogP contribution is 2.36. The van der Waals surface area contributed by atoms with E-state index in [2.05, 4.69) is 17.1 Å². The second-order valence-corrected chi connectivity index (χ2v) is 7.31. The van der Waals surface area contributed by atoms with Crippen LogP contribution in [0.2, 0.25) is 0 Å². The third-order valence-corrected chi connectivity index (χ3v) is 5.62. The molecule has 28 heavy (non-hydrogen) atoms. The quantitative estimate of drug-likeness (QED) is 0.599. The molecule has 3 aromatic rings. The average Bonchev–Trinajstić information content (AvgIpc) is 3.02. The number of ether oxygens (including phenoxy) is 2. The van der Waals surface area contributed by atoms with Crippen LogP contribution >= 0.6 is 11.3 Å². The van der Waals surface area contributed by atoms with Crippen molar-refractivity contribution in [3.63, 3.8) is 0 Å². The number of carbonyl (C=O) groups is 1. The van der Waals surface area contributed by atoms with Crippen molar-refractivity contribution in [1.82, 2.24) is 0 Å². The van der Waals surface area contributed by atoms with Gasteiger partial charge in [-0.2, -0.15) is 0 Å². The zero-order valence-electron chi connectivity index (χ0n) is 16.1. The van der Waals surface area contributed by atoms with E-state index in [1.54, 1.807) is 20.4 Å². The molecule has 0 saturated carbocycles. The highest BCUT2D eigenvalue weighted by molar-refractivity contribution is 7.16. The van der Waals surface area contributed by atoms with E-state index in [1.165, 1.54) is 16.9 Å². The number of aliphatic imine (C=N–C) groups is 1. The molecule has 0 atom stereocenters. The molecule has 3 rings (SSSR count). The van der Waals surface area contributed by atoms with Gasteiger partial charge in [-0.3, -0.25) is 4.79 Å². The number of carbonyl (C=O) groups excluding carboxylic acids is 1. The molecule has 6 heteroatoms. The summed E-state index contributed by atoms with van der Waals surface area (Å²) in [6.07, 6.45) is 2.44. The van der Waals surface area contributed by atoms with Gasteiger partial charge in [0, 0.05) is 17.5 Å². The first-order valence-electron chi connectivity index (χ1n) is 8.75. The molecule has 144 valence electrons. The number of amides is 1. The van der Waals surface area contributed by atoms with Crippen LogP contribution in [0, 0.1) is 6.92 Å². The van der Waals surface area contributed by atoms with Crippen molar-refractivity contribution >= 4 is 28.5 Å². The summed E-state index contributed by atoms with van der Waals surface area (Å²) in [6.45, 7) is 1.92. The van der Waals surface area contributed by atoms with Gasteiger partial charge in [0.25, 0.3) is 5.91 Å². The molecule has 0 bridgehead atoms. The van der Waals surface area contributed by atoms with Crippen LogP contribution in [0.5, 0.6) is 11.5 Å². The standard InChI is InChI=1S/C22H22N2O3S/c1-14-19(12-15-7-5-4-6-8-15)28-22(20(14)21(23)25)24-13-16-9-10-17(26-2)18(11-16)27-3/h4-11,13H,12H2,1-3H3,(H2,23,25)/b24-13+. The molecule has 0 fully saturated rings. The molecule has 0 unspecified atom stereocenters. The molecule has 1 amide bonds. The van der Waals surface area contributed by atoms with Crippen LogP contribution in [-0.4, -0.2) is 26.3 Å². The van der Waals surface area contributed by atoms with Crippen LogP contribution in [0.1, 0.15) is 31.9 Å². The zero-order valence-corrected chi connectivity index (χ0v) is 16.9. The van der Waals surface area contributed by atoms with Gasteiger partial charge in [-0.25, -0.2) is 4.99 Å². The maximum atomic E-state index is 12.0. The normalized spacial score (nSPS) is 11.0. The number of rotatable bonds is 7. The summed E-state index contributed by atoms with van der Waals surface area (Å²) in [4.78, 5) is 17.7. The summed E-state index contributed by atoms with van der Waals surface area (Å²) in [6, 6.07) is 15.6. The summed E-state index contributed by atoms with van der Waals surface area (Å²) in [5.74, 6) is 0.802. The Balaban J connectivity index is 1.94. The highest BCUT2D eigenvalue weighted by Gasteiger charge is 2.19. The molecule has 2 N–H and O–H groups in total. The Bertz CT molecular complexity index is 1010. The lowest BCUT2D eigenvalue weighted by atomic mass is 10.1. The lowest BCUT2D eigenvalue weighted by Crippen LogP contribution is -2.11. The van der Waals surface area contributed by atoms with E-state index in [9.17, 15) is 4.79 Å². The summed E-state index contributed by atoms with van der Waals surface area (Å²) in [5.41, 5.74) is 9.02. The van der Waals surface area contributed by atoms with Crippen LogP contribution in [0.4, 0.5) is 5.00 Å². The van der Waals surface area contributed by atoms with Gasteiger partial charge in [0.1, 0.15) is 5.00 Å². The summed E-state index contributed by atoms with van der Waals surface area (Å²) < 4.78 is 10.6. The van der Waals surface area contributed by atoms with Gasteiger partial charge >= 0.3 is 0 Å². The van der Waals surface area contributed by atoms with Gasteiger partial charge in [-0.1, -0.05) is 30.3 Å². The SMILES string of the molecule is COc1ccc(/C=N/c2sc(Cc3ccccc3)c(C)c2C(N)=O)cc1OC. The monoisotopic (exact) mass is 394 g/mol. The van der Waals surface area contributed by atoms with Crippen molar-refractivity contribution < 1.29 is 14.3 Å². The Labute approximate surface area is 168 Å². The molecular weight excluding hydrogens is 372 g/mol. The van der Waals surface area contributed by atoms with Gasteiger partial charge in [0.15, 0.2) is 11.5 Å². The number of thiophene rings is 1. The third-order valence-electron chi connectivity index (χ3n) is 4.42. The van der Waals surface area contributed by atoms with Crippen molar-refractivity contribution in [2.45, 2.75) is 13.3 Å². The summed E-state index contributed by atoms with van der Waals surface area (Å²) in [7, 11) is 3.18. The van der Waals surface area contributed by atoms with Crippen molar-refractivity contribution in [3.8, 4) is 11.5 Å². The number of nitrogens with two attached hydrogens (primary N) is 1. The number of nitrogens with zero attached hydrogens (tertiary/aromatic N) is 1. The maximum absolute atomic E-state index is 12.0. The Kier molecular flexibility index (Phi) is 6.11. The molecule has 0 aliphatic rings. The minimum absolute atomic E-state index is 0.465. The van der Waals surface area contributed by atoms with E-state index in [4.69, 9.17) is 15.2 Å². The van der Waals surface area contributed by atoms with Crippen LogP contribution in [0.25, 0.3) is 0 Å². The van der Waals surface area contributed by atoms with E-state index in [-0.39, 0.29) is 0 Å².